The molecule has 0 aliphatic carbocycles. The van der Waals surface area contributed by atoms with E-state index in [4.69, 9.17) is 9.47 Å². The number of aryl methyl sites for hydroxylation is 1. The van der Waals surface area contributed by atoms with Gasteiger partial charge >= 0.3 is 0 Å². The van der Waals surface area contributed by atoms with Crippen molar-refractivity contribution in [2.45, 2.75) is 26.3 Å². The molecule has 0 spiro atoms. The molecule has 1 aromatic heterocycles. The highest BCUT2D eigenvalue weighted by Gasteiger charge is 2.33. The average Bonchev–Trinajstić information content (AvgIpc) is 3.33. The fourth-order valence-electron chi connectivity index (χ4n) is 3.50. The van der Waals surface area contributed by atoms with Crippen molar-refractivity contribution >= 4 is 17.2 Å². The molecule has 2 aliphatic rings. The van der Waals surface area contributed by atoms with Gasteiger partial charge in [0.15, 0.2) is 11.5 Å². The normalized spacial score (nSPS) is 15.2. The molecule has 2 aliphatic heterocycles. The van der Waals surface area contributed by atoms with Gasteiger partial charge in [-0.05, 0) is 45.5 Å². The fourth-order valence-corrected chi connectivity index (χ4v) is 4.27. The Balaban J connectivity index is 1.26. The number of carbonyl (C=O) groups excluding carboxylic acids is 1. The van der Waals surface area contributed by atoms with E-state index >= 15 is 0 Å². The third-order valence-electron chi connectivity index (χ3n) is 5.04. The number of aromatic nitrogens is 1. The highest BCUT2D eigenvalue weighted by atomic mass is 32.1. The van der Waals surface area contributed by atoms with Crippen molar-refractivity contribution < 1.29 is 14.3 Å². The van der Waals surface area contributed by atoms with Crippen LogP contribution in [-0.4, -0.2) is 54.2 Å². The van der Waals surface area contributed by atoms with Gasteiger partial charge in [0.2, 0.25) is 6.79 Å². The molecule has 138 valence electrons. The van der Waals surface area contributed by atoms with Crippen LogP contribution < -0.4 is 9.47 Å². The molecule has 1 amide bonds. The zero-order valence-corrected chi connectivity index (χ0v) is 16.0. The summed E-state index contributed by atoms with van der Waals surface area (Å²) in [6, 6.07) is 3.69. The Kier molecular flexibility index (Phi) is 4.82. The van der Waals surface area contributed by atoms with Gasteiger partial charge in [0.25, 0.3) is 5.91 Å². The lowest BCUT2D eigenvalue weighted by molar-refractivity contribution is 0.0772. The van der Waals surface area contributed by atoms with E-state index in [-0.39, 0.29) is 12.7 Å². The lowest BCUT2D eigenvalue weighted by atomic mass is 10.1. The number of ether oxygens (including phenoxy) is 2. The molecule has 4 rings (SSSR count). The van der Waals surface area contributed by atoms with Crippen LogP contribution in [0, 0.1) is 6.92 Å². The molecule has 0 N–H and O–H groups in total. The molecule has 0 atom stereocenters. The van der Waals surface area contributed by atoms with Gasteiger partial charge < -0.3 is 19.3 Å². The predicted octanol–water partition coefficient (Wildman–Crippen LogP) is 2.70. The summed E-state index contributed by atoms with van der Waals surface area (Å²) in [4.78, 5) is 22.5. The minimum Gasteiger partial charge on any atom is -0.454 e. The van der Waals surface area contributed by atoms with E-state index in [0.717, 1.165) is 60.8 Å². The maximum Gasteiger partial charge on any atom is 0.254 e. The van der Waals surface area contributed by atoms with Crippen LogP contribution in [0.5, 0.6) is 11.5 Å². The second-order valence-electron chi connectivity index (χ2n) is 6.82. The van der Waals surface area contributed by atoms with E-state index in [9.17, 15) is 4.79 Å². The molecule has 1 aromatic carbocycles. The minimum absolute atomic E-state index is 0.0984. The molecule has 0 bridgehead atoms. The lowest BCUT2D eigenvalue weighted by Gasteiger charge is -2.20. The summed E-state index contributed by atoms with van der Waals surface area (Å²) in [6.07, 6.45) is 1.99. The maximum absolute atomic E-state index is 12.6. The largest absolute Gasteiger partial charge is 0.454 e. The Morgan fingerprint density at radius 2 is 2.19 bits per heavy atom. The second-order valence-corrected chi connectivity index (χ2v) is 7.76. The monoisotopic (exact) mass is 373 g/mol. The first-order valence-corrected chi connectivity index (χ1v) is 9.79. The van der Waals surface area contributed by atoms with E-state index < -0.39 is 0 Å². The van der Waals surface area contributed by atoms with Crippen LogP contribution in [0.2, 0.25) is 0 Å². The van der Waals surface area contributed by atoms with Gasteiger partial charge in [-0.1, -0.05) is 0 Å². The molecule has 0 saturated heterocycles. The van der Waals surface area contributed by atoms with E-state index in [2.05, 4.69) is 23.9 Å². The van der Waals surface area contributed by atoms with Crippen LogP contribution in [0.4, 0.5) is 0 Å². The SMILES string of the molecule is Cc1ncsc1CCN(C)CCCN1Cc2c(ccc3c2OCO3)C1=O. The van der Waals surface area contributed by atoms with Crippen molar-refractivity contribution in [3.05, 3.63) is 39.3 Å². The van der Waals surface area contributed by atoms with Crippen LogP contribution >= 0.6 is 11.3 Å². The first-order valence-electron chi connectivity index (χ1n) is 8.91. The molecule has 0 radical (unpaired) electrons. The fraction of sp³-hybridized carbons (Fsp3) is 0.474. The van der Waals surface area contributed by atoms with Crippen LogP contribution in [-0.2, 0) is 13.0 Å². The molecule has 0 unspecified atom stereocenters. The number of nitrogens with zero attached hydrogens (tertiary/aromatic N) is 3. The molecule has 7 heteroatoms. The van der Waals surface area contributed by atoms with Crippen molar-refractivity contribution in [1.29, 1.82) is 0 Å². The summed E-state index contributed by atoms with van der Waals surface area (Å²) in [5, 5.41) is 0. The highest BCUT2D eigenvalue weighted by molar-refractivity contribution is 7.09. The van der Waals surface area contributed by atoms with Crippen molar-refractivity contribution in [1.82, 2.24) is 14.8 Å². The number of likely N-dealkylation sites (N-methyl/N-ethyl adjacent to an activating group) is 1. The zero-order valence-electron chi connectivity index (χ0n) is 15.2. The number of rotatable bonds is 7. The number of hydrogen-bond donors (Lipinski definition) is 0. The van der Waals surface area contributed by atoms with Crippen LogP contribution in [0.1, 0.15) is 32.9 Å². The quantitative estimate of drug-likeness (QED) is 0.747. The Labute approximate surface area is 157 Å². The number of carbonyl (C=O) groups is 1. The number of amides is 1. The summed E-state index contributed by atoms with van der Waals surface area (Å²) in [5.41, 5.74) is 4.78. The minimum atomic E-state index is 0.0984. The summed E-state index contributed by atoms with van der Waals surface area (Å²) in [5.74, 6) is 1.59. The Morgan fingerprint density at radius 3 is 3.00 bits per heavy atom. The average molecular weight is 373 g/mol. The molecule has 0 fully saturated rings. The highest BCUT2D eigenvalue weighted by Crippen LogP contribution is 2.41. The third-order valence-corrected chi connectivity index (χ3v) is 6.04. The van der Waals surface area contributed by atoms with Crippen LogP contribution in [0.15, 0.2) is 17.6 Å². The van der Waals surface area contributed by atoms with Gasteiger partial charge in [-0.25, -0.2) is 4.98 Å². The molecular weight excluding hydrogens is 350 g/mol. The molecule has 26 heavy (non-hydrogen) atoms. The molecule has 3 heterocycles. The molecule has 0 saturated carbocycles. The van der Waals surface area contributed by atoms with Gasteiger partial charge in [0.1, 0.15) is 0 Å². The summed E-state index contributed by atoms with van der Waals surface area (Å²) >= 11 is 1.73. The Bertz CT molecular complexity index is 820. The first-order chi connectivity index (χ1) is 12.6. The van der Waals surface area contributed by atoms with Gasteiger partial charge in [-0.3, -0.25) is 4.79 Å². The van der Waals surface area contributed by atoms with Crippen molar-refractivity contribution in [2.24, 2.45) is 0 Å². The number of benzene rings is 1. The van der Waals surface area contributed by atoms with Crippen LogP contribution in [0.3, 0.4) is 0 Å². The predicted molar refractivity (Wildman–Crippen MR) is 100.0 cm³/mol. The van der Waals surface area contributed by atoms with E-state index in [0.29, 0.717) is 6.54 Å². The van der Waals surface area contributed by atoms with Crippen LogP contribution in [0.25, 0.3) is 0 Å². The zero-order chi connectivity index (χ0) is 18.1. The topological polar surface area (TPSA) is 54.9 Å². The summed E-state index contributed by atoms with van der Waals surface area (Å²) < 4.78 is 11.0. The van der Waals surface area contributed by atoms with Gasteiger partial charge in [0, 0.05) is 29.1 Å². The Hall–Kier alpha value is -2.12. The smallest absolute Gasteiger partial charge is 0.254 e. The standard InChI is InChI=1S/C19H23N3O3S/c1-13-17(26-11-20-13)6-9-21(2)7-3-8-22-10-15-14(19(22)23)4-5-16-18(15)25-12-24-16/h4-5,11H,3,6-10,12H2,1-2H3. The van der Waals surface area contributed by atoms with Crippen molar-refractivity contribution in [3.63, 3.8) is 0 Å². The van der Waals surface area contributed by atoms with Crippen molar-refractivity contribution in [2.75, 3.05) is 33.5 Å². The molecule has 2 aromatic rings. The van der Waals surface area contributed by atoms with E-state index in [1.54, 1.807) is 11.3 Å². The molecular formula is C19H23N3O3S. The number of fused-ring (bicyclic) bond motifs is 3. The number of hydrogen-bond acceptors (Lipinski definition) is 6. The van der Waals surface area contributed by atoms with E-state index in [1.165, 1.54) is 4.88 Å². The summed E-state index contributed by atoms with van der Waals surface area (Å²) in [6.45, 7) is 5.65. The summed E-state index contributed by atoms with van der Waals surface area (Å²) in [7, 11) is 2.13. The van der Waals surface area contributed by atoms with Gasteiger partial charge in [0.05, 0.1) is 17.7 Å². The lowest BCUT2D eigenvalue weighted by Crippen LogP contribution is -2.29. The number of thiazole rings is 1. The first kappa shape index (κ1) is 17.3. The van der Waals surface area contributed by atoms with E-state index in [1.807, 2.05) is 22.5 Å². The van der Waals surface area contributed by atoms with Crippen molar-refractivity contribution in [3.8, 4) is 11.5 Å². The third kappa shape index (κ3) is 3.29. The maximum atomic E-state index is 12.6. The second kappa shape index (κ2) is 7.25. The van der Waals surface area contributed by atoms with Gasteiger partial charge in [-0.15, -0.1) is 11.3 Å². The van der Waals surface area contributed by atoms with Gasteiger partial charge in [-0.2, -0.15) is 0 Å². The Morgan fingerprint density at radius 1 is 1.31 bits per heavy atom. The molecule has 6 nitrogen and oxygen atoms in total.